The topological polar surface area (TPSA) is 84.6 Å². The van der Waals surface area contributed by atoms with Crippen LogP contribution in [0.15, 0.2) is 64.3 Å². The monoisotopic (exact) mass is 416 g/mol. The third-order valence-electron chi connectivity index (χ3n) is 6.15. The number of nitrogens with one attached hydrogen (secondary N) is 1. The fourth-order valence-electron chi connectivity index (χ4n) is 4.75. The average molecular weight is 416 g/mol. The second-order valence-electron chi connectivity index (χ2n) is 8.06. The van der Waals surface area contributed by atoms with E-state index in [1.165, 1.54) is 0 Å². The third kappa shape index (κ3) is 3.28. The first kappa shape index (κ1) is 19.4. The van der Waals surface area contributed by atoms with Crippen molar-refractivity contribution in [2.24, 2.45) is 0 Å². The lowest BCUT2D eigenvalue weighted by molar-refractivity contribution is -0.116. The molecule has 2 aliphatic rings. The minimum absolute atomic E-state index is 0.0788. The molecule has 0 fully saturated rings. The quantitative estimate of drug-likeness (QED) is 0.619. The molecule has 2 N–H and O–H groups in total. The first-order chi connectivity index (χ1) is 15.1. The molecule has 0 radical (unpaired) electrons. The molecule has 0 amide bonds. The molecule has 6 heteroatoms. The van der Waals surface area contributed by atoms with Gasteiger partial charge in [0.25, 0.3) is 0 Å². The standard InChI is InChI=1S/C25H24N2O4/c1-3-30-21-13-16(9-10-19(21)28)23-22-14(2)27-31-25(22)26-18-11-17(12-20(29)24(18)23)15-7-5-4-6-8-15/h4-10,13,17,23,26,28H,3,11-12H2,1-2H3/t17-,23+/m0/s1. The molecule has 3 aromatic rings. The van der Waals surface area contributed by atoms with E-state index >= 15 is 0 Å². The molecule has 31 heavy (non-hydrogen) atoms. The highest BCUT2D eigenvalue weighted by atomic mass is 16.5. The number of Topliss-reactive ketones (excluding diaryl/α,β-unsaturated/α-hetero) is 1. The summed E-state index contributed by atoms with van der Waals surface area (Å²) < 4.78 is 11.2. The number of benzene rings is 2. The summed E-state index contributed by atoms with van der Waals surface area (Å²) in [6, 6.07) is 15.4. The van der Waals surface area contributed by atoms with Crippen molar-refractivity contribution in [1.82, 2.24) is 5.16 Å². The number of anilines is 1. The summed E-state index contributed by atoms with van der Waals surface area (Å²) in [5.41, 5.74) is 5.25. The highest BCUT2D eigenvalue weighted by molar-refractivity contribution is 6.01. The van der Waals surface area contributed by atoms with E-state index in [4.69, 9.17) is 9.26 Å². The molecule has 6 nitrogen and oxygen atoms in total. The number of aromatic hydroxyl groups is 1. The maximum atomic E-state index is 13.5. The van der Waals surface area contributed by atoms with E-state index in [1.54, 1.807) is 6.07 Å². The lowest BCUT2D eigenvalue weighted by Gasteiger charge is -2.34. The normalized spacial score (nSPS) is 20.1. The predicted molar refractivity (Wildman–Crippen MR) is 116 cm³/mol. The van der Waals surface area contributed by atoms with E-state index in [-0.39, 0.29) is 23.4 Å². The van der Waals surface area contributed by atoms with Gasteiger partial charge in [0.15, 0.2) is 17.3 Å². The molecule has 0 unspecified atom stereocenters. The Bertz CT molecular complexity index is 1180. The molecule has 158 valence electrons. The number of phenolic OH excluding ortho intramolecular Hbond substituents is 1. The zero-order valence-electron chi connectivity index (χ0n) is 17.5. The minimum Gasteiger partial charge on any atom is -0.504 e. The molecule has 5 rings (SSSR count). The molecule has 0 saturated heterocycles. The molecule has 1 aliphatic heterocycles. The average Bonchev–Trinajstić information content (AvgIpc) is 3.15. The second kappa shape index (κ2) is 7.61. The Morgan fingerprint density at radius 1 is 1.16 bits per heavy atom. The van der Waals surface area contributed by atoms with Crippen molar-refractivity contribution >= 4 is 11.7 Å². The molecule has 2 atom stereocenters. The van der Waals surface area contributed by atoms with Gasteiger partial charge in [0, 0.05) is 23.6 Å². The van der Waals surface area contributed by atoms with Crippen LogP contribution in [-0.4, -0.2) is 22.7 Å². The number of carbonyl (C=O) groups excluding carboxylic acids is 1. The number of phenols is 1. The molecule has 0 saturated carbocycles. The molecule has 2 aromatic carbocycles. The fourth-order valence-corrected chi connectivity index (χ4v) is 4.75. The maximum absolute atomic E-state index is 13.5. The predicted octanol–water partition coefficient (Wildman–Crippen LogP) is 5.05. The zero-order chi connectivity index (χ0) is 21.5. The summed E-state index contributed by atoms with van der Waals surface area (Å²) in [5, 5.41) is 17.7. The highest BCUT2D eigenvalue weighted by Crippen LogP contribution is 2.49. The number of hydrogen-bond acceptors (Lipinski definition) is 6. The van der Waals surface area contributed by atoms with Gasteiger partial charge < -0.3 is 19.7 Å². The van der Waals surface area contributed by atoms with Gasteiger partial charge in [0.2, 0.25) is 5.88 Å². The van der Waals surface area contributed by atoms with E-state index < -0.39 is 0 Å². The van der Waals surface area contributed by atoms with E-state index in [1.807, 2.05) is 44.2 Å². The SMILES string of the molecule is CCOc1cc([C@H]2C3=C(C[C@H](c4ccccc4)CC3=O)Nc3onc(C)c32)ccc1O. The lowest BCUT2D eigenvalue weighted by Crippen LogP contribution is -2.29. The Balaban J connectivity index is 1.63. The van der Waals surface area contributed by atoms with Crippen LogP contribution < -0.4 is 10.1 Å². The molecule has 2 heterocycles. The minimum atomic E-state index is -0.318. The molecule has 0 bridgehead atoms. The van der Waals surface area contributed by atoms with Crippen LogP contribution in [0.4, 0.5) is 5.88 Å². The maximum Gasteiger partial charge on any atom is 0.233 e. The van der Waals surface area contributed by atoms with Crippen LogP contribution in [0.25, 0.3) is 0 Å². The molecule has 0 spiro atoms. The number of ether oxygens (including phenoxy) is 1. The van der Waals surface area contributed by atoms with Crippen molar-refractivity contribution in [3.8, 4) is 11.5 Å². The number of aryl methyl sites for hydroxylation is 1. The summed E-state index contributed by atoms with van der Waals surface area (Å²) in [4.78, 5) is 13.5. The van der Waals surface area contributed by atoms with Crippen molar-refractivity contribution in [3.05, 3.63) is 82.2 Å². The van der Waals surface area contributed by atoms with Gasteiger partial charge >= 0.3 is 0 Å². The van der Waals surface area contributed by atoms with Gasteiger partial charge in [-0.15, -0.1) is 0 Å². The molecular weight excluding hydrogens is 392 g/mol. The Hall–Kier alpha value is -3.54. The summed E-state index contributed by atoms with van der Waals surface area (Å²) in [6.07, 6.45) is 1.17. The molecule has 1 aliphatic carbocycles. The van der Waals surface area contributed by atoms with Crippen LogP contribution in [0.1, 0.15) is 54.0 Å². The van der Waals surface area contributed by atoms with Gasteiger partial charge in [0.1, 0.15) is 0 Å². The van der Waals surface area contributed by atoms with Gasteiger partial charge in [-0.3, -0.25) is 4.79 Å². The van der Waals surface area contributed by atoms with Crippen molar-refractivity contribution in [2.75, 3.05) is 11.9 Å². The molecule has 1 aromatic heterocycles. The Kier molecular flexibility index (Phi) is 4.77. The van der Waals surface area contributed by atoms with E-state index in [0.29, 0.717) is 24.7 Å². The summed E-state index contributed by atoms with van der Waals surface area (Å²) in [6.45, 7) is 4.19. The van der Waals surface area contributed by atoms with Crippen LogP contribution in [0.5, 0.6) is 11.5 Å². The summed E-state index contributed by atoms with van der Waals surface area (Å²) in [7, 11) is 0. The first-order valence-corrected chi connectivity index (χ1v) is 10.6. The number of rotatable bonds is 4. The van der Waals surface area contributed by atoms with Gasteiger partial charge in [0.05, 0.1) is 17.9 Å². The lowest BCUT2D eigenvalue weighted by atomic mass is 9.72. The number of nitrogens with zero attached hydrogens (tertiary/aromatic N) is 1. The van der Waals surface area contributed by atoms with Crippen molar-refractivity contribution in [2.45, 2.75) is 38.5 Å². The third-order valence-corrected chi connectivity index (χ3v) is 6.15. The fraction of sp³-hybridized carbons (Fsp3) is 0.280. The van der Waals surface area contributed by atoms with Gasteiger partial charge in [-0.1, -0.05) is 41.6 Å². The van der Waals surface area contributed by atoms with E-state index in [0.717, 1.165) is 40.1 Å². The smallest absolute Gasteiger partial charge is 0.233 e. The van der Waals surface area contributed by atoms with E-state index in [9.17, 15) is 9.90 Å². The van der Waals surface area contributed by atoms with Crippen LogP contribution in [0.2, 0.25) is 0 Å². The van der Waals surface area contributed by atoms with Gasteiger partial charge in [-0.05, 0) is 49.4 Å². The Morgan fingerprint density at radius 3 is 2.74 bits per heavy atom. The van der Waals surface area contributed by atoms with Gasteiger partial charge in [-0.2, -0.15) is 0 Å². The van der Waals surface area contributed by atoms with Crippen LogP contribution in [0.3, 0.4) is 0 Å². The van der Waals surface area contributed by atoms with Crippen molar-refractivity contribution in [1.29, 1.82) is 0 Å². The second-order valence-corrected chi connectivity index (χ2v) is 8.06. The molecular formula is C25H24N2O4. The van der Waals surface area contributed by atoms with Crippen LogP contribution in [0, 0.1) is 6.92 Å². The number of allylic oxidation sites excluding steroid dienone is 2. The largest absolute Gasteiger partial charge is 0.504 e. The first-order valence-electron chi connectivity index (χ1n) is 10.6. The number of ketones is 1. The number of aromatic nitrogens is 1. The highest BCUT2D eigenvalue weighted by Gasteiger charge is 2.41. The summed E-state index contributed by atoms with van der Waals surface area (Å²) in [5.74, 6) is 0.974. The zero-order valence-corrected chi connectivity index (χ0v) is 17.5. The number of hydrogen-bond donors (Lipinski definition) is 2. The van der Waals surface area contributed by atoms with Crippen LogP contribution in [-0.2, 0) is 4.79 Å². The van der Waals surface area contributed by atoms with Crippen LogP contribution >= 0.6 is 0 Å². The van der Waals surface area contributed by atoms with Crippen molar-refractivity contribution in [3.63, 3.8) is 0 Å². The van der Waals surface area contributed by atoms with E-state index in [2.05, 4.69) is 22.6 Å². The number of carbonyl (C=O) groups is 1. The van der Waals surface area contributed by atoms with Gasteiger partial charge in [-0.25, -0.2) is 0 Å². The summed E-state index contributed by atoms with van der Waals surface area (Å²) >= 11 is 0. The Morgan fingerprint density at radius 2 is 1.97 bits per heavy atom. The number of fused-ring (bicyclic) bond motifs is 1. The van der Waals surface area contributed by atoms with Crippen molar-refractivity contribution < 1.29 is 19.2 Å². The Labute approximate surface area is 180 Å².